The number of phenols is 1. The number of amides is 1. The smallest absolute Gasteiger partial charge is 0.256 e. The molecule has 5 heteroatoms. The van der Waals surface area contributed by atoms with E-state index < -0.39 is 0 Å². The summed E-state index contributed by atoms with van der Waals surface area (Å²) in [5, 5.41) is 12.8. The molecular weight excluding hydrogens is 285 g/mol. The van der Waals surface area contributed by atoms with Crippen molar-refractivity contribution in [1.82, 2.24) is 0 Å². The van der Waals surface area contributed by atoms with Gasteiger partial charge in [0.2, 0.25) is 0 Å². The third kappa shape index (κ3) is 3.00. The molecule has 0 unspecified atom stereocenters. The van der Waals surface area contributed by atoms with E-state index in [1.807, 2.05) is 19.1 Å². The minimum Gasteiger partial charge on any atom is -0.504 e. The number of rotatable bonds is 2. The van der Waals surface area contributed by atoms with E-state index in [1.165, 1.54) is 12.1 Å². The molecule has 19 heavy (non-hydrogen) atoms. The van der Waals surface area contributed by atoms with Crippen molar-refractivity contribution in [3.05, 3.63) is 57.6 Å². The summed E-state index contributed by atoms with van der Waals surface area (Å²) in [7, 11) is 0. The summed E-state index contributed by atoms with van der Waals surface area (Å²) in [4.78, 5) is 12.1. The minimum atomic E-state index is -0.327. The Kier molecular flexibility index (Phi) is 3.98. The molecule has 0 aliphatic rings. The van der Waals surface area contributed by atoms with Gasteiger partial charge in [0.05, 0.1) is 10.7 Å². The second kappa shape index (κ2) is 5.51. The van der Waals surface area contributed by atoms with Gasteiger partial charge in [-0.2, -0.15) is 0 Å². The predicted octanol–water partition coefficient (Wildman–Crippen LogP) is 4.26. The highest BCUT2D eigenvalue weighted by molar-refractivity contribution is 6.36. The molecular formula is C14H11Cl2NO2. The maximum atomic E-state index is 12.1. The van der Waals surface area contributed by atoms with E-state index >= 15 is 0 Å². The largest absolute Gasteiger partial charge is 0.504 e. The molecule has 1 amide bonds. The fourth-order valence-electron chi connectivity index (χ4n) is 1.68. The van der Waals surface area contributed by atoms with Crippen molar-refractivity contribution >= 4 is 34.8 Å². The Labute approximate surface area is 120 Å². The second-order valence-corrected chi connectivity index (χ2v) is 4.90. The van der Waals surface area contributed by atoms with Crippen molar-refractivity contribution < 1.29 is 9.90 Å². The lowest BCUT2D eigenvalue weighted by molar-refractivity contribution is 0.102. The van der Waals surface area contributed by atoms with E-state index in [9.17, 15) is 9.90 Å². The number of hydrogen-bond donors (Lipinski definition) is 2. The maximum absolute atomic E-state index is 12.1. The van der Waals surface area contributed by atoms with Gasteiger partial charge in [-0.25, -0.2) is 0 Å². The van der Waals surface area contributed by atoms with Crippen molar-refractivity contribution in [2.24, 2.45) is 0 Å². The zero-order valence-corrected chi connectivity index (χ0v) is 11.6. The minimum absolute atomic E-state index is 0.0904. The lowest BCUT2D eigenvalue weighted by Gasteiger charge is -2.10. The van der Waals surface area contributed by atoms with Gasteiger partial charge in [-0.05, 0) is 30.7 Å². The molecule has 0 aliphatic carbocycles. The van der Waals surface area contributed by atoms with Crippen LogP contribution in [0.25, 0.3) is 0 Å². The van der Waals surface area contributed by atoms with Gasteiger partial charge in [0.1, 0.15) is 0 Å². The Balaban J connectivity index is 2.32. The second-order valence-electron chi connectivity index (χ2n) is 4.05. The van der Waals surface area contributed by atoms with Crippen LogP contribution in [-0.2, 0) is 0 Å². The van der Waals surface area contributed by atoms with Crippen LogP contribution in [0.3, 0.4) is 0 Å². The highest BCUT2D eigenvalue weighted by Gasteiger charge is 2.13. The number of nitrogens with one attached hydrogen (secondary N) is 1. The summed E-state index contributed by atoms with van der Waals surface area (Å²) in [5.41, 5.74) is 1.55. The predicted molar refractivity (Wildman–Crippen MR) is 77.3 cm³/mol. The Hall–Kier alpha value is -1.71. The van der Waals surface area contributed by atoms with Gasteiger partial charge in [-0.1, -0.05) is 41.4 Å². The Morgan fingerprint density at radius 1 is 1.21 bits per heavy atom. The number of carbonyl (C=O) groups excluding carboxylic acids is 1. The number of aromatic hydroxyl groups is 1. The molecule has 2 aromatic carbocycles. The quantitative estimate of drug-likeness (QED) is 0.813. The number of phenolic OH excluding ortho intramolecular Hbond substituents is 1. The summed E-state index contributed by atoms with van der Waals surface area (Å²) in [6.07, 6.45) is 0. The van der Waals surface area contributed by atoms with Gasteiger partial charge in [-0.3, -0.25) is 4.79 Å². The maximum Gasteiger partial charge on any atom is 0.256 e. The van der Waals surface area contributed by atoms with Gasteiger partial charge in [0, 0.05) is 10.6 Å². The molecule has 0 spiro atoms. The lowest BCUT2D eigenvalue weighted by atomic mass is 10.1. The average molecular weight is 296 g/mol. The van der Waals surface area contributed by atoms with Crippen molar-refractivity contribution in [1.29, 1.82) is 0 Å². The molecule has 2 N–H and O–H groups in total. The number of halogens is 2. The molecule has 0 atom stereocenters. The van der Waals surface area contributed by atoms with Crippen LogP contribution in [0.2, 0.25) is 10.0 Å². The van der Waals surface area contributed by atoms with Crippen LogP contribution in [0, 0.1) is 6.92 Å². The van der Waals surface area contributed by atoms with E-state index in [0.717, 1.165) is 5.56 Å². The highest BCUT2D eigenvalue weighted by Crippen LogP contribution is 2.35. The molecule has 98 valence electrons. The van der Waals surface area contributed by atoms with Crippen LogP contribution in [0.4, 0.5) is 5.69 Å². The van der Waals surface area contributed by atoms with Crippen LogP contribution < -0.4 is 5.32 Å². The van der Waals surface area contributed by atoms with Crippen molar-refractivity contribution in [3.63, 3.8) is 0 Å². The molecule has 0 aliphatic heterocycles. The van der Waals surface area contributed by atoms with Gasteiger partial charge in [0.15, 0.2) is 5.75 Å². The molecule has 0 saturated carbocycles. The number of anilines is 1. The van der Waals surface area contributed by atoms with Gasteiger partial charge in [-0.15, -0.1) is 0 Å². The van der Waals surface area contributed by atoms with E-state index in [0.29, 0.717) is 10.6 Å². The molecule has 3 nitrogen and oxygen atoms in total. The van der Waals surface area contributed by atoms with Crippen molar-refractivity contribution in [2.75, 3.05) is 5.32 Å². The standard InChI is InChI=1S/C14H11Cl2NO2/c1-8-4-2-3-5-10(8)14(19)17-12-7-9(15)6-11(16)13(12)18/h2-7,18H,1H3,(H,17,19). The topological polar surface area (TPSA) is 49.3 Å². The first kappa shape index (κ1) is 13.7. The SMILES string of the molecule is Cc1ccccc1C(=O)Nc1cc(Cl)cc(Cl)c1O. The normalized spacial score (nSPS) is 10.3. The lowest BCUT2D eigenvalue weighted by Crippen LogP contribution is -2.13. The van der Waals surface area contributed by atoms with Crippen LogP contribution in [0.1, 0.15) is 15.9 Å². The average Bonchev–Trinajstić information content (AvgIpc) is 2.35. The first-order chi connectivity index (χ1) is 8.99. The van der Waals surface area contributed by atoms with E-state index in [1.54, 1.807) is 12.1 Å². The summed E-state index contributed by atoms with van der Waals surface area (Å²) >= 11 is 11.6. The van der Waals surface area contributed by atoms with Crippen molar-refractivity contribution in [3.8, 4) is 5.75 Å². The molecule has 0 bridgehead atoms. The first-order valence-corrected chi connectivity index (χ1v) is 6.29. The molecule has 0 aromatic heterocycles. The molecule has 0 radical (unpaired) electrons. The molecule has 0 saturated heterocycles. The number of benzene rings is 2. The van der Waals surface area contributed by atoms with Gasteiger partial charge in [0.25, 0.3) is 5.91 Å². The number of carbonyl (C=O) groups is 1. The van der Waals surface area contributed by atoms with Crippen molar-refractivity contribution in [2.45, 2.75) is 6.92 Å². The van der Waals surface area contributed by atoms with E-state index in [4.69, 9.17) is 23.2 Å². The monoisotopic (exact) mass is 295 g/mol. The highest BCUT2D eigenvalue weighted by atomic mass is 35.5. The Morgan fingerprint density at radius 2 is 1.89 bits per heavy atom. The zero-order chi connectivity index (χ0) is 14.0. The van der Waals surface area contributed by atoms with Gasteiger partial charge < -0.3 is 10.4 Å². The van der Waals surface area contributed by atoms with Crippen LogP contribution in [-0.4, -0.2) is 11.0 Å². The van der Waals surface area contributed by atoms with Crippen LogP contribution >= 0.6 is 23.2 Å². The summed E-state index contributed by atoms with van der Waals surface area (Å²) in [5.74, 6) is -0.528. The Morgan fingerprint density at radius 3 is 2.58 bits per heavy atom. The zero-order valence-electron chi connectivity index (χ0n) is 10.1. The van der Waals surface area contributed by atoms with Gasteiger partial charge >= 0.3 is 0 Å². The van der Waals surface area contributed by atoms with E-state index in [2.05, 4.69) is 5.32 Å². The summed E-state index contributed by atoms with van der Waals surface area (Å²) in [6, 6.07) is 10.0. The number of hydrogen-bond acceptors (Lipinski definition) is 2. The summed E-state index contributed by atoms with van der Waals surface area (Å²) < 4.78 is 0. The molecule has 2 rings (SSSR count). The Bertz CT molecular complexity index is 641. The number of aryl methyl sites for hydroxylation is 1. The summed E-state index contributed by atoms with van der Waals surface area (Å²) in [6.45, 7) is 1.83. The third-order valence-electron chi connectivity index (χ3n) is 2.67. The van der Waals surface area contributed by atoms with Crippen LogP contribution in [0.5, 0.6) is 5.75 Å². The molecule has 0 heterocycles. The van der Waals surface area contributed by atoms with Crippen LogP contribution in [0.15, 0.2) is 36.4 Å². The third-order valence-corrected chi connectivity index (χ3v) is 3.17. The molecule has 0 fully saturated rings. The fourth-order valence-corrected chi connectivity index (χ4v) is 2.17. The fraction of sp³-hybridized carbons (Fsp3) is 0.0714. The first-order valence-electron chi connectivity index (χ1n) is 5.54. The van der Waals surface area contributed by atoms with E-state index in [-0.39, 0.29) is 22.4 Å². The molecule has 2 aromatic rings.